The Labute approximate surface area is 81.6 Å². The molecule has 76 valence electrons. The highest BCUT2D eigenvalue weighted by Crippen LogP contribution is 2.17. The minimum atomic E-state index is -1.32. The summed E-state index contributed by atoms with van der Waals surface area (Å²) in [6.45, 7) is 1.98. The topological polar surface area (TPSA) is 53.3 Å². The van der Waals surface area contributed by atoms with E-state index >= 15 is 0 Å². The molecule has 0 aliphatic rings. The summed E-state index contributed by atoms with van der Waals surface area (Å²) in [5.41, 5.74) is 0.0611. The maximum absolute atomic E-state index is 13.1. The third-order valence-corrected chi connectivity index (χ3v) is 1.75. The van der Waals surface area contributed by atoms with E-state index in [1.165, 1.54) is 18.2 Å². The van der Waals surface area contributed by atoms with E-state index in [4.69, 9.17) is 10.1 Å². The molecule has 0 bridgehead atoms. The number of aliphatic hydroxyl groups excluding tert-OH is 1. The van der Waals surface area contributed by atoms with E-state index in [1.807, 2.05) is 0 Å². The summed E-state index contributed by atoms with van der Waals surface area (Å²) >= 11 is 0. The second-order valence-corrected chi connectivity index (χ2v) is 2.72. The van der Waals surface area contributed by atoms with E-state index in [-0.39, 0.29) is 18.1 Å². The Bertz CT molecular complexity index is 328. The summed E-state index contributed by atoms with van der Waals surface area (Å²) in [7, 11) is 0. The van der Waals surface area contributed by atoms with Crippen molar-refractivity contribution in [2.75, 3.05) is 6.61 Å². The highest BCUT2D eigenvalue weighted by atomic mass is 19.1. The molecule has 0 radical (unpaired) electrons. The van der Waals surface area contributed by atoms with Crippen molar-refractivity contribution >= 4 is 5.90 Å². The Morgan fingerprint density at radius 3 is 2.79 bits per heavy atom. The smallest absolute Gasteiger partial charge is 0.215 e. The van der Waals surface area contributed by atoms with Crippen LogP contribution in [0.2, 0.25) is 0 Å². The van der Waals surface area contributed by atoms with E-state index in [0.717, 1.165) is 0 Å². The lowest BCUT2D eigenvalue weighted by Crippen LogP contribution is -2.15. The number of hydrogen-bond acceptors (Lipinski definition) is 3. The van der Waals surface area contributed by atoms with Gasteiger partial charge >= 0.3 is 0 Å². The van der Waals surface area contributed by atoms with Crippen molar-refractivity contribution in [2.24, 2.45) is 0 Å². The first-order valence-corrected chi connectivity index (χ1v) is 4.30. The molecule has 0 saturated carbocycles. The second-order valence-electron chi connectivity index (χ2n) is 2.72. The van der Waals surface area contributed by atoms with Crippen LogP contribution >= 0.6 is 0 Å². The maximum Gasteiger partial charge on any atom is 0.215 e. The van der Waals surface area contributed by atoms with Crippen LogP contribution in [0.15, 0.2) is 24.3 Å². The van der Waals surface area contributed by atoms with Crippen LogP contribution in [0.3, 0.4) is 0 Å². The van der Waals surface area contributed by atoms with Gasteiger partial charge in [0.05, 0.1) is 6.61 Å². The number of nitrogens with one attached hydrogen (secondary N) is 1. The van der Waals surface area contributed by atoms with Gasteiger partial charge in [0, 0.05) is 5.56 Å². The van der Waals surface area contributed by atoms with Crippen molar-refractivity contribution in [2.45, 2.75) is 13.0 Å². The Balaban J connectivity index is 2.84. The van der Waals surface area contributed by atoms with Gasteiger partial charge in [0.15, 0.2) is 6.10 Å². The molecular formula is C10H12FNO2. The molecule has 1 aromatic rings. The van der Waals surface area contributed by atoms with Gasteiger partial charge in [0.2, 0.25) is 5.90 Å². The minimum absolute atomic E-state index is 0.0611. The number of rotatable bonds is 3. The molecule has 0 aromatic heterocycles. The Kier molecular flexibility index (Phi) is 3.59. The fraction of sp³-hybridized carbons (Fsp3) is 0.300. The van der Waals surface area contributed by atoms with Gasteiger partial charge in [-0.15, -0.1) is 0 Å². The predicted octanol–water partition coefficient (Wildman–Crippen LogP) is 1.87. The van der Waals surface area contributed by atoms with Crippen LogP contribution in [0.1, 0.15) is 18.6 Å². The van der Waals surface area contributed by atoms with Gasteiger partial charge in [0.25, 0.3) is 0 Å². The Morgan fingerprint density at radius 2 is 2.21 bits per heavy atom. The summed E-state index contributed by atoms with van der Waals surface area (Å²) in [5.74, 6) is -0.873. The van der Waals surface area contributed by atoms with Gasteiger partial charge in [-0.3, -0.25) is 5.41 Å². The van der Waals surface area contributed by atoms with Crippen molar-refractivity contribution < 1.29 is 14.2 Å². The predicted molar refractivity (Wildman–Crippen MR) is 50.7 cm³/mol. The van der Waals surface area contributed by atoms with Crippen molar-refractivity contribution in [3.05, 3.63) is 35.6 Å². The van der Waals surface area contributed by atoms with Crippen molar-refractivity contribution in [1.82, 2.24) is 0 Å². The van der Waals surface area contributed by atoms with Crippen molar-refractivity contribution in [3.8, 4) is 0 Å². The number of aliphatic hydroxyl groups is 1. The first-order chi connectivity index (χ1) is 6.66. The molecule has 0 aliphatic carbocycles. The quantitative estimate of drug-likeness (QED) is 0.574. The molecule has 0 saturated heterocycles. The maximum atomic E-state index is 13.1. The van der Waals surface area contributed by atoms with Crippen LogP contribution in [-0.4, -0.2) is 17.6 Å². The summed E-state index contributed by atoms with van der Waals surface area (Å²) < 4.78 is 17.9. The molecule has 0 fully saturated rings. The molecular weight excluding hydrogens is 185 g/mol. The molecule has 14 heavy (non-hydrogen) atoms. The molecule has 1 atom stereocenters. The van der Waals surface area contributed by atoms with Gasteiger partial charge in [0.1, 0.15) is 5.82 Å². The van der Waals surface area contributed by atoms with Crippen LogP contribution in [-0.2, 0) is 4.74 Å². The van der Waals surface area contributed by atoms with Gasteiger partial charge < -0.3 is 9.84 Å². The van der Waals surface area contributed by atoms with E-state index in [1.54, 1.807) is 13.0 Å². The van der Waals surface area contributed by atoms with Crippen LogP contribution in [0.5, 0.6) is 0 Å². The first-order valence-electron chi connectivity index (χ1n) is 4.30. The van der Waals surface area contributed by atoms with Gasteiger partial charge in [-0.25, -0.2) is 4.39 Å². The van der Waals surface area contributed by atoms with E-state index in [2.05, 4.69) is 0 Å². The molecule has 0 amide bonds. The zero-order valence-electron chi connectivity index (χ0n) is 7.83. The highest BCUT2D eigenvalue weighted by molar-refractivity contribution is 5.79. The molecule has 2 N–H and O–H groups in total. The Hall–Kier alpha value is -1.42. The SMILES string of the molecule is CCOC(=N)[C@@H](O)c1ccccc1F. The van der Waals surface area contributed by atoms with Gasteiger partial charge in [-0.1, -0.05) is 18.2 Å². The molecule has 0 heterocycles. The van der Waals surface area contributed by atoms with Crippen molar-refractivity contribution in [1.29, 1.82) is 5.41 Å². The third-order valence-electron chi connectivity index (χ3n) is 1.75. The van der Waals surface area contributed by atoms with E-state index < -0.39 is 11.9 Å². The average molecular weight is 197 g/mol. The fourth-order valence-corrected chi connectivity index (χ4v) is 1.07. The van der Waals surface area contributed by atoms with E-state index in [9.17, 15) is 9.50 Å². The summed E-state index contributed by atoms with van der Waals surface area (Å²) in [6.07, 6.45) is -1.32. The normalized spacial score (nSPS) is 12.2. The second kappa shape index (κ2) is 4.72. The molecule has 1 rings (SSSR count). The van der Waals surface area contributed by atoms with Gasteiger partial charge in [-0.05, 0) is 13.0 Å². The molecule has 4 heteroatoms. The lowest BCUT2D eigenvalue weighted by atomic mass is 10.1. The molecule has 3 nitrogen and oxygen atoms in total. The van der Waals surface area contributed by atoms with E-state index in [0.29, 0.717) is 0 Å². The van der Waals surface area contributed by atoms with Crippen LogP contribution in [0, 0.1) is 11.2 Å². The van der Waals surface area contributed by atoms with Gasteiger partial charge in [-0.2, -0.15) is 0 Å². The largest absolute Gasteiger partial charge is 0.479 e. The molecule has 0 spiro atoms. The van der Waals surface area contributed by atoms with Crippen molar-refractivity contribution in [3.63, 3.8) is 0 Å². The lowest BCUT2D eigenvalue weighted by Gasteiger charge is -2.12. The van der Waals surface area contributed by atoms with Crippen LogP contribution < -0.4 is 0 Å². The summed E-state index contributed by atoms with van der Waals surface area (Å²) in [5, 5.41) is 16.8. The zero-order chi connectivity index (χ0) is 10.6. The number of benzene rings is 1. The fourth-order valence-electron chi connectivity index (χ4n) is 1.07. The average Bonchev–Trinajstić information content (AvgIpc) is 2.18. The first kappa shape index (κ1) is 10.7. The monoisotopic (exact) mass is 197 g/mol. The standard InChI is InChI=1S/C10H12FNO2/c1-2-14-10(12)9(13)7-5-3-4-6-8(7)11/h3-6,9,12-13H,2H2,1H3/t9-/m0/s1. The van der Waals surface area contributed by atoms with Crippen LogP contribution in [0.4, 0.5) is 4.39 Å². The molecule has 1 aromatic carbocycles. The third kappa shape index (κ3) is 2.29. The lowest BCUT2D eigenvalue weighted by molar-refractivity contribution is 0.187. The summed E-state index contributed by atoms with van der Waals surface area (Å²) in [6, 6.07) is 5.78. The number of halogens is 1. The zero-order valence-corrected chi connectivity index (χ0v) is 7.83. The van der Waals surface area contributed by atoms with Crippen LogP contribution in [0.25, 0.3) is 0 Å². The molecule has 0 aliphatic heterocycles. The molecule has 0 unspecified atom stereocenters. The minimum Gasteiger partial charge on any atom is -0.479 e. The highest BCUT2D eigenvalue weighted by Gasteiger charge is 2.17. The Morgan fingerprint density at radius 1 is 1.57 bits per heavy atom. The number of ether oxygens (including phenoxy) is 1. The number of hydrogen-bond donors (Lipinski definition) is 2. The summed E-state index contributed by atoms with van der Waals surface area (Å²) in [4.78, 5) is 0.